The third-order valence-electron chi connectivity index (χ3n) is 5.77. The Hall–Kier alpha value is -0.0800. The number of nitrogens with zero attached hydrogens (tertiary/aromatic N) is 1. The van der Waals surface area contributed by atoms with Crippen LogP contribution in [-0.2, 0) is 0 Å². The lowest BCUT2D eigenvalue weighted by atomic mass is 9.75. The first-order valence-corrected chi connectivity index (χ1v) is 8.90. The Morgan fingerprint density at radius 2 is 1.80 bits per heavy atom. The van der Waals surface area contributed by atoms with Crippen LogP contribution in [0.4, 0.5) is 0 Å². The monoisotopic (exact) mass is 280 g/mol. The lowest BCUT2D eigenvalue weighted by Crippen LogP contribution is -2.43. The van der Waals surface area contributed by atoms with E-state index in [0.717, 1.165) is 18.0 Å². The van der Waals surface area contributed by atoms with Crippen molar-refractivity contribution in [1.29, 1.82) is 0 Å². The van der Waals surface area contributed by atoms with E-state index in [2.05, 4.69) is 38.0 Å². The van der Waals surface area contributed by atoms with Crippen LogP contribution in [0, 0.1) is 11.3 Å². The normalized spacial score (nSPS) is 31.6. The zero-order valence-corrected chi connectivity index (χ0v) is 14.3. The Labute approximate surface area is 126 Å². The van der Waals surface area contributed by atoms with Gasteiger partial charge in [-0.25, -0.2) is 0 Å². The minimum Gasteiger partial charge on any atom is -0.313 e. The van der Waals surface area contributed by atoms with Crippen LogP contribution in [0.3, 0.4) is 0 Å². The van der Waals surface area contributed by atoms with Gasteiger partial charge in [0.15, 0.2) is 0 Å². The number of rotatable bonds is 5. The highest BCUT2D eigenvalue weighted by Crippen LogP contribution is 2.36. The standard InChI is InChI=1S/C18H36N2/c1-15-6-5-7-16(14-15)19-12-13-20(4)17-8-10-18(2,3)11-9-17/h15-17,19H,5-14H2,1-4H3. The summed E-state index contributed by atoms with van der Waals surface area (Å²) in [6, 6.07) is 1.62. The van der Waals surface area contributed by atoms with E-state index in [9.17, 15) is 0 Å². The Morgan fingerprint density at radius 3 is 2.45 bits per heavy atom. The molecule has 0 spiro atoms. The molecule has 0 aliphatic heterocycles. The van der Waals surface area contributed by atoms with E-state index in [4.69, 9.17) is 0 Å². The summed E-state index contributed by atoms with van der Waals surface area (Å²) in [4.78, 5) is 2.61. The Balaban J connectivity index is 1.61. The first-order chi connectivity index (χ1) is 9.46. The Morgan fingerprint density at radius 1 is 1.10 bits per heavy atom. The van der Waals surface area contributed by atoms with Crippen molar-refractivity contribution < 1.29 is 0 Å². The lowest BCUT2D eigenvalue weighted by Gasteiger charge is -2.39. The van der Waals surface area contributed by atoms with Crippen molar-refractivity contribution in [2.75, 3.05) is 20.1 Å². The predicted molar refractivity (Wildman–Crippen MR) is 88.1 cm³/mol. The average molecular weight is 280 g/mol. The van der Waals surface area contributed by atoms with Gasteiger partial charge in [-0.2, -0.15) is 0 Å². The van der Waals surface area contributed by atoms with Crippen molar-refractivity contribution in [1.82, 2.24) is 10.2 Å². The molecule has 1 N–H and O–H groups in total. The molecule has 2 rings (SSSR count). The van der Waals surface area contributed by atoms with Crippen LogP contribution in [0.25, 0.3) is 0 Å². The van der Waals surface area contributed by atoms with E-state index in [1.165, 1.54) is 64.5 Å². The quantitative estimate of drug-likeness (QED) is 0.817. The van der Waals surface area contributed by atoms with Crippen LogP contribution in [-0.4, -0.2) is 37.1 Å². The van der Waals surface area contributed by atoms with Crippen molar-refractivity contribution in [3.8, 4) is 0 Å². The molecule has 2 atom stereocenters. The average Bonchev–Trinajstić information content (AvgIpc) is 2.38. The third-order valence-corrected chi connectivity index (χ3v) is 5.77. The summed E-state index contributed by atoms with van der Waals surface area (Å²) >= 11 is 0. The van der Waals surface area contributed by atoms with Crippen LogP contribution in [0.5, 0.6) is 0 Å². The lowest BCUT2D eigenvalue weighted by molar-refractivity contribution is 0.126. The van der Waals surface area contributed by atoms with Crippen molar-refractivity contribution in [2.24, 2.45) is 11.3 Å². The maximum atomic E-state index is 3.80. The van der Waals surface area contributed by atoms with Crippen LogP contribution >= 0.6 is 0 Å². The molecule has 2 nitrogen and oxygen atoms in total. The van der Waals surface area contributed by atoms with E-state index in [1.807, 2.05) is 0 Å². The molecule has 0 aromatic carbocycles. The predicted octanol–water partition coefficient (Wildman–Crippen LogP) is 4.06. The second-order valence-corrected chi connectivity index (χ2v) is 8.30. The second-order valence-electron chi connectivity index (χ2n) is 8.30. The van der Waals surface area contributed by atoms with E-state index in [-0.39, 0.29) is 0 Å². The fraction of sp³-hybridized carbons (Fsp3) is 1.00. The summed E-state index contributed by atoms with van der Waals surface area (Å²) in [6.07, 6.45) is 11.2. The minimum atomic E-state index is 0.591. The fourth-order valence-corrected chi connectivity index (χ4v) is 4.07. The van der Waals surface area contributed by atoms with Gasteiger partial charge in [-0.15, -0.1) is 0 Å². The highest BCUT2D eigenvalue weighted by atomic mass is 15.1. The zero-order valence-electron chi connectivity index (χ0n) is 14.3. The maximum absolute atomic E-state index is 3.80. The van der Waals surface area contributed by atoms with Crippen molar-refractivity contribution in [3.63, 3.8) is 0 Å². The number of likely N-dealkylation sites (N-methyl/N-ethyl adjacent to an activating group) is 1. The van der Waals surface area contributed by atoms with Gasteiger partial charge in [0.25, 0.3) is 0 Å². The summed E-state index contributed by atoms with van der Waals surface area (Å²) in [7, 11) is 2.33. The summed E-state index contributed by atoms with van der Waals surface area (Å²) < 4.78 is 0. The molecule has 0 radical (unpaired) electrons. The summed E-state index contributed by atoms with van der Waals surface area (Å²) in [5.74, 6) is 0.930. The topological polar surface area (TPSA) is 15.3 Å². The first-order valence-electron chi connectivity index (χ1n) is 8.90. The van der Waals surface area contributed by atoms with Gasteiger partial charge in [-0.1, -0.05) is 33.6 Å². The molecule has 0 saturated heterocycles. The number of nitrogens with one attached hydrogen (secondary N) is 1. The smallest absolute Gasteiger partial charge is 0.0107 e. The van der Waals surface area contributed by atoms with Gasteiger partial charge in [-0.05, 0) is 56.9 Å². The SMILES string of the molecule is CC1CCCC(NCCN(C)C2CCC(C)(C)CC2)C1. The van der Waals surface area contributed by atoms with Gasteiger partial charge < -0.3 is 10.2 Å². The number of hydrogen-bond donors (Lipinski definition) is 1. The Kier molecular flexibility index (Phi) is 5.92. The molecule has 0 amide bonds. The van der Waals surface area contributed by atoms with Crippen LogP contribution in [0.15, 0.2) is 0 Å². The molecule has 2 unspecified atom stereocenters. The molecule has 2 aliphatic carbocycles. The molecule has 0 bridgehead atoms. The van der Waals surface area contributed by atoms with Gasteiger partial charge in [0.05, 0.1) is 0 Å². The second kappa shape index (κ2) is 7.26. The highest BCUT2D eigenvalue weighted by Gasteiger charge is 2.28. The van der Waals surface area contributed by atoms with Gasteiger partial charge in [0.1, 0.15) is 0 Å². The van der Waals surface area contributed by atoms with E-state index in [1.54, 1.807) is 0 Å². The van der Waals surface area contributed by atoms with Gasteiger partial charge in [-0.3, -0.25) is 0 Å². The van der Waals surface area contributed by atoms with Crippen LogP contribution in [0.2, 0.25) is 0 Å². The summed E-state index contributed by atoms with van der Waals surface area (Å²) in [5, 5.41) is 3.80. The molecular weight excluding hydrogens is 244 g/mol. The highest BCUT2D eigenvalue weighted by molar-refractivity contribution is 4.83. The fourth-order valence-electron chi connectivity index (χ4n) is 4.07. The van der Waals surface area contributed by atoms with Gasteiger partial charge in [0.2, 0.25) is 0 Å². The largest absolute Gasteiger partial charge is 0.313 e. The van der Waals surface area contributed by atoms with E-state index in [0.29, 0.717) is 5.41 Å². The van der Waals surface area contributed by atoms with E-state index < -0.39 is 0 Å². The molecule has 2 aliphatic rings. The van der Waals surface area contributed by atoms with Crippen molar-refractivity contribution in [3.05, 3.63) is 0 Å². The van der Waals surface area contributed by atoms with Crippen LogP contribution < -0.4 is 5.32 Å². The van der Waals surface area contributed by atoms with Crippen molar-refractivity contribution in [2.45, 2.75) is 84.2 Å². The maximum Gasteiger partial charge on any atom is 0.0107 e. The molecule has 118 valence electrons. The molecule has 0 heterocycles. The summed E-state index contributed by atoms with van der Waals surface area (Å²) in [6.45, 7) is 9.65. The summed E-state index contributed by atoms with van der Waals surface area (Å²) in [5.41, 5.74) is 0.591. The van der Waals surface area contributed by atoms with E-state index >= 15 is 0 Å². The molecule has 2 fully saturated rings. The van der Waals surface area contributed by atoms with Gasteiger partial charge in [0, 0.05) is 25.2 Å². The molecule has 0 aromatic heterocycles. The molecule has 0 aromatic rings. The third kappa shape index (κ3) is 5.04. The van der Waals surface area contributed by atoms with Gasteiger partial charge >= 0.3 is 0 Å². The molecule has 20 heavy (non-hydrogen) atoms. The number of hydrogen-bond acceptors (Lipinski definition) is 2. The molecule has 2 heteroatoms. The van der Waals surface area contributed by atoms with Crippen LogP contribution in [0.1, 0.15) is 72.1 Å². The van der Waals surface area contributed by atoms with Crippen molar-refractivity contribution >= 4 is 0 Å². The zero-order chi connectivity index (χ0) is 14.6. The molecule has 2 saturated carbocycles. The molecular formula is C18H36N2. The first kappa shape index (κ1) is 16.3. The Bertz CT molecular complexity index is 277. The minimum absolute atomic E-state index is 0.591.